The number of hydrogen-bond acceptors (Lipinski definition) is 5. The Hall–Kier alpha value is -1.66. The number of halogens is 1. The van der Waals surface area contributed by atoms with Crippen LogP contribution in [0.2, 0.25) is 0 Å². The summed E-state index contributed by atoms with van der Waals surface area (Å²) in [4.78, 5) is 9.46. The van der Waals surface area contributed by atoms with Gasteiger partial charge in [-0.2, -0.15) is 0 Å². The second kappa shape index (κ2) is 6.45. The molecule has 0 saturated carbocycles. The van der Waals surface area contributed by atoms with Crippen molar-refractivity contribution in [2.45, 2.75) is 19.8 Å². The maximum atomic E-state index is 5.55. The van der Waals surface area contributed by atoms with Crippen molar-refractivity contribution in [3.63, 3.8) is 0 Å². The largest absolute Gasteiger partial charge is 0.496 e. The summed E-state index contributed by atoms with van der Waals surface area (Å²) in [6.07, 6.45) is 0. The maximum Gasteiger partial charge on any atom is 0.142 e. The summed E-state index contributed by atoms with van der Waals surface area (Å²) in [7, 11) is 3.31. The number of thiazole rings is 1. The number of fused-ring (bicyclic) bond motifs is 1. The third kappa shape index (κ3) is 2.93. The molecule has 6 heteroatoms. The number of methoxy groups -OCH3 is 2. The molecule has 3 aromatic rings. The molecular formula is C17H17BrN2O2S. The van der Waals surface area contributed by atoms with E-state index in [4.69, 9.17) is 14.5 Å². The van der Waals surface area contributed by atoms with E-state index in [9.17, 15) is 0 Å². The van der Waals surface area contributed by atoms with Gasteiger partial charge in [-0.3, -0.25) is 0 Å². The molecule has 2 aromatic heterocycles. The number of rotatable bonds is 4. The zero-order valence-electron chi connectivity index (χ0n) is 13.4. The summed E-state index contributed by atoms with van der Waals surface area (Å²) in [6, 6.07) is 5.79. The fourth-order valence-electron chi connectivity index (χ4n) is 2.31. The van der Waals surface area contributed by atoms with Crippen molar-refractivity contribution >= 4 is 38.2 Å². The van der Waals surface area contributed by atoms with Gasteiger partial charge in [0.1, 0.15) is 22.2 Å². The van der Waals surface area contributed by atoms with Crippen LogP contribution in [0.15, 0.2) is 28.1 Å². The van der Waals surface area contributed by atoms with Crippen molar-refractivity contribution in [2.24, 2.45) is 0 Å². The molecule has 0 radical (unpaired) electrons. The molecule has 0 spiro atoms. The highest BCUT2D eigenvalue weighted by Crippen LogP contribution is 2.38. The van der Waals surface area contributed by atoms with Gasteiger partial charge in [-0.15, -0.1) is 11.3 Å². The number of nitrogens with zero attached hydrogens (tertiary/aromatic N) is 2. The van der Waals surface area contributed by atoms with Crippen molar-refractivity contribution in [3.05, 3.63) is 33.7 Å². The molecule has 3 rings (SSSR count). The molecule has 0 unspecified atom stereocenters. The Balaban J connectivity index is 2.23. The summed E-state index contributed by atoms with van der Waals surface area (Å²) < 4.78 is 11.7. The molecule has 4 nitrogen and oxygen atoms in total. The van der Waals surface area contributed by atoms with E-state index in [0.29, 0.717) is 5.92 Å². The molecular weight excluding hydrogens is 376 g/mol. The van der Waals surface area contributed by atoms with E-state index in [2.05, 4.69) is 40.1 Å². The second-order valence-corrected chi connectivity index (χ2v) is 7.07. The molecule has 0 saturated heterocycles. The third-order valence-corrected chi connectivity index (χ3v) is 5.27. The fraction of sp³-hybridized carbons (Fsp3) is 0.294. The molecule has 0 aliphatic heterocycles. The quantitative estimate of drug-likeness (QED) is 0.607. The first-order chi connectivity index (χ1) is 11.0. The number of aromatic nitrogens is 2. The van der Waals surface area contributed by atoms with E-state index < -0.39 is 0 Å². The van der Waals surface area contributed by atoms with Crippen LogP contribution in [0.5, 0.6) is 11.5 Å². The molecule has 23 heavy (non-hydrogen) atoms. The van der Waals surface area contributed by atoms with E-state index in [-0.39, 0.29) is 0 Å². The van der Waals surface area contributed by atoms with Crippen LogP contribution in [-0.2, 0) is 0 Å². The van der Waals surface area contributed by atoms with Crippen LogP contribution in [0.3, 0.4) is 0 Å². The molecule has 0 N–H and O–H groups in total. The monoisotopic (exact) mass is 392 g/mol. The van der Waals surface area contributed by atoms with Crippen LogP contribution in [0.1, 0.15) is 25.5 Å². The van der Waals surface area contributed by atoms with Gasteiger partial charge in [0.05, 0.1) is 29.9 Å². The molecule has 120 valence electrons. The molecule has 0 atom stereocenters. The molecule has 2 heterocycles. The predicted octanol–water partition coefficient (Wildman–Crippen LogP) is 5.26. The standard InChI is InChI=1S/C17H17BrN2O2S/c1-9(2)12-8-23-17(20-12)11-7-14(22-4)10-5-6-13(21-3)15(18)16(10)19-11/h5-9H,1-4H3. The van der Waals surface area contributed by atoms with Gasteiger partial charge in [0.2, 0.25) is 0 Å². The van der Waals surface area contributed by atoms with Crippen molar-refractivity contribution in [3.8, 4) is 22.2 Å². The smallest absolute Gasteiger partial charge is 0.142 e. The average molecular weight is 393 g/mol. The summed E-state index contributed by atoms with van der Waals surface area (Å²) in [5, 5.41) is 3.91. The van der Waals surface area contributed by atoms with Gasteiger partial charge in [-0.25, -0.2) is 9.97 Å². The zero-order chi connectivity index (χ0) is 16.6. The van der Waals surface area contributed by atoms with Crippen LogP contribution < -0.4 is 9.47 Å². The Labute approximate surface area is 147 Å². The van der Waals surface area contributed by atoms with Crippen LogP contribution in [0.25, 0.3) is 21.6 Å². The molecule has 0 fully saturated rings. The lowest BCUT2D eigenvalue weighted by Crippen LogP contribution is -1.94. The lowest BCUT2D eigenvalue weighted by molar-refractivity contribution is 0.412. The average Bonchev–Trinajstić information content (AvgIpc) is 3.05. The van der Waals surface area contributed by atoms with Crippen molar-refractivity contribution in [1.29, 1.82) is 0 Å². The van der Waals surface area contributed by atoms with Crippen molar-refractivity contribution < 1.29 is 9.47 Å². The maximum absolute atomic E-state index is 5.55. The van der Waals surface area contributed by atoms with Gasteiger partial charge in [0, 0.05) is 16.8 Å². The van der Waals surface area contributed by atoms with Crippen molar-refractivity contribution in [1.82, 2.24) is 9.97 Å². The Bertz CT molecular complexity index is 861. The number of hydrogen-bond donors (Lipinski definition) is 0. The van der Waals surface area contributed by atoms with Gasteiger partial charge in [-0.05, 0) is 34.0 Å². The first-order valence-corrected chi connectivity index (χ1v) is 8.89. The highest BCUT2D eigenvalue weighted by Gasteiger charge is 2.16. The lowest BCUT2D eigenvalue weighted by atomic mass is 10.1. The van der Waals surface area contributed by atoms with Gasteiger partial charge in [0.25, 0.3) is 0 Å². The zero-order valence-corrected chi connectivity index (χ0v) is 15.8. The minimum absolute atomic E-state index is 0.397. The Kier molecular flexibility index (Phi) is 4.55. The van der Waals surface area contributed by atoms with Crippen molar-refractivity contribution in [2.75, 3.05) is 14.2 Å². The summed E-state index contributed by atoms with van der Waals surface area (Å²) in [6.45, 7) is 4.27. The highest BCUT2D eigenvalue weighted by atomic mass is 79.9. The van der Waals surface area contributed by atoms with Crippen LogP contribution in [-0.4, -0.2) is 24.2 Å². The van der Waals surface area contributed by atoms with E-state index in [1.165, 1.54) is 0 Å². The molecule has 0 aliphatic rings. The minimum Gasteiger partial charge on any atom is -0.496 e. The van der Waals surface area contributed by atoms with Crippen LogP contribution in [0, 0.1) is 0 Å². The second-order valence-electron chi connectivity index (χ2n) is 5.42. The normalized spacial score (nSPS) is 11.2. The van der Waals surface area contributed by atoms with E-state index in [0.717, 1.165) is 43.3 Å². The first kappa shape index (κ1) is 16.2. The Morgan fingerprint density at radius 3 is 2.43 bits per heavy atom. The van der Waals surface area contributed by atoms with E-state index in [1.54, 1.807) is 25.6 Å². The highest BCUT2D eigenvalue weighted by molar-refractivity contribution is 9.10. The molecule has 0 amide bonds. The van der Waals surface area contributed by atoms with Gasteiger partial charge in [0.15, 0.2) is 0 Å². The first-order valence-electron chi connectivity index (χ1n) is 7.22. The summed E-state index contributed by atoms with van der Waals surface area (Å²) in [5.74, 6) is 1.91. The number of benzene rings is 1. The van der Waals surface area contributed by atoms with Crippen LogP contribution >= 0.6 is 27.3 Å². The molecule has 0 aliphatic carbocycles. The van der Waals surface area contributed by atoms with Gasteiger partial charge < -0.3 is 9.47 Å². The SMILES string of the molecule is COc1ccc2c(OC)cc(-c3nc(C(C)C)cs3)nc2c1Br. The minimum atomic E-state index is 0.397. The summed E-state index contributed by atoms with van der Waals surface area (Å²) in [5.41, 5.74) is 2.69. The third-order valence-electron chi connectivity index (χ3n) is 3.62. The van der Waals surface area contributed by atoms with E-state index in [1.807, 2.05) is 18.2 Å². The van der Waals surface area contributed by atoms with Gasteiger partial charge in [-0.1, -0.05) is 13.8 Å². The Morgan fingerprint density at radius 1 is 1.09 bits per heavy atom. The lowest BCUT2D eigenvalue weighted by Gasteiger charge is -2.11. The fourth-order valence-corrected chi connectivity index (χ4v) is 3.85. The van der Waals surface area contributed by atoms with Crippen LogP contribution in [0.4, 0.5) is 0 Å². The molecule has 1 aromatic carbocycles. The van der Waals surface area contributed by atoms with E-state index >= 15 is 0 Å². The molecule has 0 bridgehead atoms. The number of ether oxygens (including phenoxy) is 2. The predicted molar refractivity (Wildman–Crippen MR) is 97.7 cm³/mol. The number of pyridine rings is 1. The Morgan fingerprint density at radius 2 is 1.83 bits per heavy atom. The van der Waals surface area contributed by atoms with Gasteiger partial charge >= 0.3 is 0 Å². The summed E-state index contributed by atoms with van der Waals surface area (Å²) >= 11 is 5.18. The topological polar surface area (TPSA) is 44.2 Å².